The SMILES string of the molecule is c1ccc(-c2cccc(N(c3ccccc3)c3ccc4c(c3)-c3cccc5c(-c6nc(-c7ccccc7)nc(-c7ccccc7)n6)ccc(c35)S4)c2)cc1. The number of hydrogen-bond donors (Lipinski definition) is 0. The van der Waals surface area contributed by atoms with Gasteiger partial charge >= 0.3 is 0 Å². The van der Waals surface area contributed by atoms with E-state index in [-0.39, 0.29) is 0 Å². The summed E-state index contributed by atoms with van der Waals surface area (Å²) >= 11 is 1.82. The number of para-hydroxylation sites is 1. The molecule has 0 radical (unpaired) electrons. The topological polar surface area (TPSA) is 41.9 Å². The lowest BCUT2D eigenvalue weighted by Gasteiger charge is -2.28. The van der Waals surface area contributed by atoms with Crippen LogP contribution in [0.2, 0.25) is 0 Å². The van der Waals surface area contributed by atoms with Gasteiger partial charge in [0.2, 0.25) is 0 Å². The summed E-state index contributed by atoms with van der Waals surface area (Å²) in [6.45, 7) is 0. The molecule has 0 amide bonds. The van der Waals surface area contributed by atoms with Crippen LogP contribution in [0.5, 0.6) is 0 Å². The van der Waals surface area contributed by atoms with E-state index in [2.05, 4.69) is 138 Å². The molecule has 1 aliphatic heterocycles. The van der Waals surface area contributed by atoms with Crippen LogP contribution < -0.4 is 4.90 Å². The van der Waals surface area contributed by atoms with Crippen molar-refractivity contribution in [2.24, 2.45) is 0 Å². The molecule has 0 N–H and O–H groups in total. The van der Waals surface area contributed by atoms with Crippen LogP contribution >= 0.6 is 11.8 Å². The number of nitrogens with zero attached hydrogens (tertiary/aromatic N) is 4. The molecule has 1 aromatic heterocycles. The molecule has 2 heterocycles. The van der Waals surface area contributed by atoms with Crippen LogP contribution in [0.4, 0.5) is 17.1 Å². The largest absolute Gasteiger partial charge is 0.310 e. The van der Waals surface area contributed by atoms with Gasteiger partial charge in [0.25, 0.3) is 0 Å². The van der Waals surface area contributed by atoms with Crippen molar-refractivity contribution in [2.75, 3.05) is 4.90 Å². The number of benzene rings is 8. The lowest BCUT2D eigenvalue weighted by molar-refractivity contribution is 1.08. The quantitative estimate of drug-likeness (QED) is 0.165. The predicted molar refractivity (Wildman–Crippen MR) is 223 cm³/mol. The van der Waals surface area contributed by atoms with Gasteiger partial charge in [-0.05, 0) is 82.2 Å². The summed E-state index contributed by atoms with van der Waals surface area (Å²) < 4.78 is 0. The van der Waals surface area contributed by atoms with Gasteiger partial charge < -0.3 is 4.90 Å². The molecule has 4 nitrogen and oxygen atoms in total. The molecule has 0 spiro atoms. The van der Waals surface area contributed by atoms with Gasteiger partial charge in [-0.1, -0.05) is 151 Å². The second-order valence-electron chi connectivity index (χ2n) is 13.2. The molecule has 10 rings (SSSR count). The van der Waals surface area contributed by atoms with Gasteiger partial charge in [-0.25, -0.2) is 15.0 Å². The molecule has 0 aliphatic carbocycles. The van der Waals surface area contributed by atoms with E-state index < -0.39 is 0 Å². The van der Waals surface area contributed by atoms with Crippen LogP contribution in [-0.2, 0) is 0 Å². The third-order valence-electron chi connectivity index (χ3n) is 9.90. The molecule has 0 unspecified atom stereocenters. The first kappa shape index (κ1) is 31.9. The van der Waals surface area contributed by atoms with Gasteiger partial charge in [0.15, 0.2) is 17.5 Å². The van der Waals surface area contributed by atoms with E-state index in [0.717, 1.165) is 39.1 Å². The van der Waals surface area contributed by atoms with Crippen molar-refractivity contribution in [1.82, 2.24) is 15.0 Å². The molecule has 5 heteroatoms. The second-order valence-corrected chi connectivity index (χ2v) is 14.3. The Kier molecular flexibility index (Phi) is 8.04. The third-order valence-corrected chi connectivity index (χ3v) is 11.0. The smallest absolute Gasteiger partial charge is 0.164 e. The predicted octanol–water partition coefficient (Wildman–Crippen LogP) is 13.3. The Hall–Kier alpha value is -6.82. The number of anilines is 3. The Morgan fingerprint density at radius 1 is 0.333 bits per heavy atom. The van der Waals surface area contributed by atoms with Crippen molar-refractivity contribution in [3.05, 3.63) is 194 Å². The Balaban J connectivity index is 1.12. The van der Waals surface area contributed by atoms with E-state index in [0.29, 0.717) is 17.5 Å². The van der Waals surface area contributed by atoms with E-state index in [1.807, 2.05) is 72.4 Å². The summed E-state index contributed by atoms with van der Waals surface area (Å²) in [6, 6.07) is 68.1. The average Bonchev–Trinajstić information content (AvgIpc) is 3.25. The maximum absolute atomic E-state index is 5.09. The molecule has 0 fully saturated rings. The highest BCUT2D eigenvalue weighted by Gasteiger charge is 2.24. The van der Waals surface area contributed by atoms with Crippen molar-refractivity contribution in [3.63, 3.8) is 0 Å². The number of fused-ring (bicyclic) bond motifs is 2. The summed E-state index contributed by atoms with van der Waals surface area (Å²) in [5.41, 5.74) is 11.0. The van der Waals surface area contributed by atoms with Crippen molar-refractivity contribution in [1.29, 1.82) is 0 Å². The molecule has 254 valence electrons. The molecule has 0 saturated carbocycles. The maximum atomic E-state index is 5.09. The van der Waals surface area contributed by atoms with Crippen LogP contribution in [0.15, 0.2) is 204 Å². The Labute approximate surface area is 318 Å². The zero-order valence-corrected chi connectivity index (χ0v) is 30.0. The number of aromatic nitrogens is 3. The van der Waals surface area contributed by atoms with E-state index in [1.165, 1.54) is 37.4 Å². The minimum Gasteiger partial charge on any atom is -0.310 e. The van der Waals surface area contributed by atoms with Crippen molar-refractivity contribution in [3.8, 4) is 56.4 Å². The monoisotopic (exact) mass is 708 g/mol. The Morgan fingerprint density at radius 3 is 1.56 bits per heavy atom. The zero-order chi connectivity index (χ0) is 35.8. The average molecular weight is 709 g/mol. The van der Waals surface area contributed by atoms with Gasteiger partial charge in [0.1, 0.15) is 0 Å². The Bertz CT molecular complexity index is 2730. The third kappa shape index (κ3) is 5.81. The van der Waals surface area contributed by atoms with Gasteiger partial charge in [-0.3, -0.25) is 0 Å². The number of hydrogen-bond acceptors (Lipinski definition) is 5. The van der Waals surface area contributed by atoms with E-state index in [9.17, 15) is 0 Å². The van der Waals surface area contributed by atoms with Crippen LogP contribution in [-0.4, -0.2) is 15.0 Å². The van der Waals surface area contributed by atoms with Crippen LogP contribution in [0, 0.1) is 0 Å². The van der Waals surface area contributed by atoms with Gasteiger partial charge in [0.05, 0.1) is 0 Å². The van der Waals surface area contributed by atoms with Gasteiger partial charge in [-0.15, -0.1) is 0 Å². The van der Waals surface area contributed by atoms with Crippen LogP contribution in [0.3, 0.4) is 0 Å². The summed E-state index contributed by atoms with van der Waals surface area (Å²) in [4.78, 5) is 19.9. The summed E-state index contributed by atoms with van der Waals surface area (Å²) in [7, 11) is 0. The number of rotatable bonds is 7. The lowest BCUT2D eigenvalue weighted by atomic mass is 9.94. The van der Waals surface area contributed by atoms with E-state index in [1.54, 1.807) is 0 Å². The highest BCUT2D eigenvalue weighted by atomic mass is 32.2. The fourth-order valence-corrected chi connectivity index (χ4v) is 8.47. The first-order valence-corrected chi connectivity index (χ1v) is 18.8. The van der Waals surface area contributed by atoms with Gasteiger partial charge in [0, 0.05) is 48.9 Å². The molecule has 1 aliphatic rings. The summed E-state index contributed by atoms with van der Waals surface area (Å²) in [6.07, 6.45) is 0. The Morgan fingerprint density at radius 2 is 0.870 bits per heavy atom. The molecular formula is C49H32N4S. The standard InChI is InChI=1S/C49H32N4S/c1-5-15-33(16-6-1)36-21-13-24-38(31-36)53(37-22-11-4-12-23-37)39-27-29-44-43(32-39)41-26-14-25-40-42(28-30-45(54-44)46(40)41)49-51-47(34-17-7-2-8-18-34)50-48(52-49)35-19-9-3-10-20-35/h1-32H. The molecule has 0 atom stereocenters. The molecule has 8 aromatic carbocycles. The van der Waals surface area contributed by atoms with E-state index in [4.69, 9.17) is 15.0 Å². The minimum atomic E-state index is 0.654. The lowest BCUT2D eigenvalue weighted by Crippen LogP contribution is -2.10. The summed E-state index contributed by atoms with van der Waals surface area (Å²) in [5.74, 6) is 1.97. The second kappa shape index (κ2) is 13.6. The van der Waals surface area contributed by atoms with Crippen molar-refractivity contribution < 1.29 is 0 Å². The van der Waals surface area contributed by atoms with E-state index >= 15 is 0 Å². The van der Waals surface area contributed by atoms with Crippen molar-refractivity contribution in [2.45, 2.75) is 9.79 Å². The highest BCUT2D eigenvalue weighted by molar-refractivity contribution is 7.99. The zero-order valence-electron chi connectivity index (χ0n) is 29.2. The molecule has 0 bridgehead atoms. The fourth-order valence-electron chi connectivity index (χ4n) is 7.36. The van der Waals surface area contributed by atoms with Gasteiger partial charge in [-0.2, -0.15) is 0 Å². The van der Waals surface area contributed by atoms with Crippen LogP contribution in [0.1, 0.15) is 0 Å². The maximum Gasteiger partial charge on any atom is 0.164 e. The fraction of sp³-hybridized carbons (Fsp3) is 0. The molecule has 0 saturated heterocycles. The highest BCUT2D eigenvalue weighted by Crippen LogP contribution is 2.51. The molecular weight excluding hydrogens is 677 g/mol. The first-order chi connectivity index (χ1) is 26.8. The van der Waals surface area contributed by atoms with Crippen molar-refractivity contribution >= 4 is 39.6 Å². The van der Waals surface area contributed by atoms with Crippen LogP contribution in [0.25, 0.3) is 67.2 Å². The molecule has 9 aromatic rings. The summed E-state index contributed by atoms with van der Waals surface area (Å²) in [5, 5.41) is 2.33. The first-order valence-electron chi connectivity index (χ1n) is 18.0. The normalized spacial score (nSPS) is 11.6. The minimum absolute atomic E-state index is 0.654. The molecule has 54 heavy (non-hydrogen) atoms.